The third kappa shape index (κ3) is 6.79. The highest BCUT2D eigenvalue weighted by Crippen LogP contribution is 2.39. The van der Waals surface area contributed by atoms with Gasteiger partial charge in [-0.25, -0.2) is 8.78 Å². The molecule has 3 nitrogen and oxygen atoms in total. The summed E-state index contributed by atoms with van der Waals surface area (Å²) in [6, 6.07) is 11.6. The minimum atomic E-state index is -5.15. The van der Waals surface area contributed by atoms with Crippen LogP contribution in [0.3, 0.4) is 0 Å². The number of carbonyl (C=O) groups is 1. The van der Waals surface area contributed by atoms with E-state index in [1.165, 1.54) is 36.4 Å². The van der Waals surface area contributed by atoms with Crippen LogP contribution in [0.2, 0.25) is 10.0 Å². The highest BCUT2D eigenvalue weighted by molar-refractivity contribution is 6.30. The molecule has 0 saturated carbocycles. The normalized spacial score (nSPS) is 13.5. The molecular weight excluding hydrogens is 603 g/mol. The van der Waals surface area contributed by atoms with Crippen molar-refractivity contribution in [2.45, 2.75) is 24.3 Å². The maximum Gasteiger partial charge on any atom is 0.419 e. The van der Waals surface area contributed by atoms with Crippen LogP contribution in [0, 0.1) is 11.6 Å². The number of amides is 1. The fourth-order valence-corrected chi connectivity index (χ4v) is 4.58. The second-order valence-corrected chi connectivity index (χ2v) is 9.82. The molecule has 1 N–H and O–H groups in total. The second-order valence-electron chi connectivity index (χ2n) is 8.95. The van der Waals surface area contributed by atoms with Gasteiger partial charge in [0.15, 0.2) is 0 Å². The van der Waals surface area contributed by atoms with Gasteiger partial charge in [-0.1, -0.05) is 35.3 Å². The van der Waals surface area contributed by atoms with Crippen molar-refractivity contribution in [3.05, 3.63) is 134 Å². The summed E-state index contributed by atoms with van der Waals surface area (Å²) < 4.78 is 110. The van der Waals surface area contributed by atoms with Crippen molar-refractivity contribution >= 4 is 29.1 Å². The highest BCUT2D eigenvalue weighted by Gasteiger charge is 2.42. The van der Waals surface area contributed by atoms with Crippen LogP contribution in [0.15, 0.2) is 79.0 Å². The van der Waals surface area contributed by atoms with E-state index in [2.05, 4.69) is 10.3 Å². The van der Waals surface area contributed by atoms with Crippen molar-refractivity contribution in [3.8, 4) is 0 Å². The van der Waals surface area contributed by atoms with E-state index in [0.29, 0.717) is 17.7 Å². The Balaban J connectivity index is 1.99. The third-order valence-corrected chi connectivity index (χ3v) is 6.56. The fourth-order valence-electron chi connectivity index (χ4n) is 4.25. The Morgan fingerprint density at radius 1 is 0.780 bits per heavy atom. The predicted molar refractivity (Wildman–Crippen MR) is 135 cm³/mol. The Kier molecular flexibility index (Phi) is 8.33. The van der Waals surface area contributed by atoms with Gasteiger partial charge < -0.3 is 5.32 Å². The number of benzene rings is 3. The Hall–Kier alpha value is -3.70. The molecule has 0 aliphatic carbocycles. The lowest BCUT2D eigenvalue weighted by molar-refractivity contribution is -0.140. The molecule has 41 heavy (non-hydrogen) atoms. The molecule has 0 unspecified atom stereocenters. The average Bonchev–Trinajstić information content (AvgIpc) is 2.87. The van der Waals surface area contributed by atoms with Gasteiger partial charge in [0.25, 0.3) is 5.91 Å². The number of pyridine rings is 1. The lowest BCUT2D eigenvalue weighted by atomic mass is 9.79. The van der Waals surface area contributed by atoms with Gasteiger partial charge in [-0.2, -0.15) is 26.3 Å². The van der Waals surface area contributed by atoms with Gasteiger partial charge in [0, 0.05) is 23.2 Å². The lowest BCUT2D eigenvalue weighted by Gasteiger charge is -2.36. The van der Waals surface area contributed by atoms with Crippen molar-refractivity contribution in [1.82, 2.24) is 10.3 Å². The van der Waals surface area contributed by atoms with E-state index < -0.39 is 57.7 Å². The van der Waals surface area contributed by atoms with Crippen LogP contribution < -0.4 is 5.32 Å². The molecule has 3 aromatic carbocycles. The smallest absolute Gasteiger partial charge is 0.337 e. The zero-order valence-electron chi connectivity index (χ0n) is 20.3. The lowest BCUT2D eigenvalue weighted by Crippen LogP contribution is -2.49. The summed E-state index contributed by atoms with van der Waals surface area (Å²) in [5, 5.41) is 2.79. The maximum absolute atomic E-state index is 14.7. The van der Waals surface area contributed by atoms with Crippen molar-refractivity contribution in [3.63, 3.8) is 0 Å². The number of carbonyl (C=O) groups excluding carboxylic acids is 1. The first-order valence-electron chi connectivity index (χ1n) is 11.5. The van der Waals surface area contributed by atoms with Crippen LogP contribution in [-0.2, 0) is 24.3 Å². The van der Waals surface area contributed by atoms with Gasteiger partial charge in [0.2, 0.25) is 0 Å². The first-order valence-corrected chi connectivity index (χ1v) is 12.3. The van der Waals surface area contributed by atoms with Crippen LogP contribution in [0.25, 0.3) is 0 Å². The van der Waals surface area contributed by atoms with Crippen molar-refractivity contribution < 1.29 is 39.9 Å². The number of hydrogen-bond donors (Lipinski definition) is 1. The van der Waals surface area contributed by atoms with Gasteiger partial charge in [-0.05, 0) is 71.8 Å². The van der Waals surface area contributed by atoms with Crippen molar-refractivity contribution in [2.75, 3.05) is 0 Å². The molecule has 0 bridgehead atoms. The molecule has 1 atom stereocenters. The minimum Gasteiger partial charge on any atom is -0.337 e. The number of aromatic nitrogens is 1. The number of halogens is 10. The van der Waals surface area contributed by atoms with Gasteiger partial charge in [-0.15, -0.1) is 0 Å². The molecular formula is C28H16Cl2F8N2O. The topological polar surface area (TPSA) is 42.0 Å². The highest BCUT2D eigenvalue weighted by atomic mass is 35.5. The molecule has 1 amide bonds. The van der Waals surface area contributed by atoms with E-state index in [4.69, 9.17) is 23.2 Å². The van der Waals surface area contributed by atoms with Gasteiger partial charge >= 0.3 is 12.4 Å². The van der Waals surface area contributed by atoms with E-state index in [0.717, 1.165) is 18.3 Å². The van der Waals surface area contributed by atoms with Crippen LogP contribution >= 0.6 is 23.2 Å². The minimum absolute atomic E-state index is 0.111. The zero-order chi connectivity index (χ0) is 30.2. The quantitative estimate of drug-likeness (QED) is 0.220. The average molecular weight is 619 g/mol. The number of hydrogen-bond acceptors (Lipinski definition) is 2. The Morgan fingerprint density at radius 2 is 1.49 bits per heavy atom. The molecule has 1 heterocycles. The maximum atomic E-state index is 14.7. The number of rotatable bonds is 6. The van der Waals surface area contributed by atoms with Crippen molar-refractivity contribution in [2.24, 2.45) is 0 Å². The van der Waals surface area contributed by atoms with E-state index in [1.54, 1.807) is 0 Å². The molecule has 0 aliphatic heterocycles. The van der Waals surface area contributed by atoms with E-state index in [-0.39, 0.29) is 34.3 Å². The van der Waals surface area contributed by atoms with Crippen LogP contribution in [0.1, 0.15) is 38.3 Å². The largest absolute Gasteiger partial charge is 0.419 e. The van der Waals surface area contributed by atoms with E-state index in [9.17, 15) is 39.9 Å². The Morgan fingerprint density at radius 3 is 2.10 bits per heavy atom. The van der Waals surface area contributed by atoms with E-state index >= 15 is 0 Å². The number of alkyl halides is 6. The zero-order valence-corrected chi connectivity index (χ0v) is 21.9. The van der Waals surface area contributed by atoms with E-state index in [1.807, 2.05) is 0 Å². The second kappa shape index (κ2) is 11.3. The monoisotopic (exact) mass is 618 g/mol. The molecule has 0 radical (unpaired) electrons. The molecule has 0 fully saturated rings. The SMILES string of the molecule is O=C(N[C@@](Cc1cccc(Cl)c1)(c1cc(F)cc(C(F)(F)F)c1)c1ccc(Cl)cn1)c1ccc(F)c(C(F)(F)F)c1. The van der Waals surface area contributed by atoms with Crippen LogP contribution in [-0.4, -0.2) is 10.9 Å². The summed E-state index contributed by atoms with van der Waals surface area (Å²) in [6.07, 6.45) is -9.42. The Bertz CT molecular complexity index is 1590. The molecule has 13 heteroatoms. The molecule has 214 valence electrons. The molecule has 4 rings (SSSR count). The van der Waals surface area contributed by atoms with Gasteiger partial charge in [0.1, 0.15) is 17.2 Å². The molecule has 4 aromatic rings. The molecule has 0 spiro atoms. The predicted octanol–water partition coefficient (Wildman–Crippen LogP) is 8.62. The summed E-state index contributed by atoms with van der Waals surface area (Å²) in [6.45, 7) is 0. The summed E-state index contributed by atoms with van der Waals surface area (Å²) in [7, 11) is 0. The van der Waals surface area contributed by atoms with Crippen molar-refractivity contribution in [1.29, 1.82) is 0 Å². The fraction of sp³-hybridized carbons (Fsp3) is 0.143. The standard InChI is InChI=1S/C28H16Cl2F8N2O/c29-19-3-1-2-15(8-19)13-26(24-7-5-20(30)14-39-24,17-10-18(27(33,34)35)12-21(31)11-17)40-25(41)16-4-6-23(32)22(9-16)28(36,37)38/h1-12,14H,13H2,(H,40,41)/t26-/m0/s1. The molecule has 1 aromatic heterocycles. The Labute approximate surface area is 237 Å². The van der Waals surface area contributed by atoms with Gasteiger partial charge in [-0.3, -0.25) is 9.78 Å². The number of nitrogens with zero attached hydrogens (tertiary/aromatic N) is 1. The summed E-state index contributed by atoms with van der Waals surface area (Å²) in [5.41, 5.74) is -6.16. The van der Waals surface area contributed by atoms with Gasteiger partial charge in [0.05, 0.1) is 21.8 Å². The third-order valence-electron chi connectivity index (χ3n) is 6.10. The van der Waals surface area contributed by atoms with Crippen LogP contribution in [0.5, 0.6) is 0 Å². The number of nitrogens with one attached hydrogen (secondary N) is 1. The van der Waals surface area contributed by atoms with Crippen LogP contribution in [0.4, 0.5) is 35.1 Å². The first kappa shape index (κ1) is 30.3. The molecule has 0 saturated heterocycles. The summed E-state index contributed by atoms with van der Waals surface area (Å²) in [4.78, 5) is 17.7. The summed E-state index contributed by atoms with van der Waals surface area (Å²) >= 11 is 12.1. The summed E-state index contributed by atoms with van der Waals surface area (Å²) in [5.74, 6) is -4.19. The molecule has 0 aliphatic rings. The first-order chi connectivity index (χ1) is 19.1.